The van der Waals surface area contributed by atoms with Gasteiger partial charge in [-0.3, -0.25) is 4.79 Å². The largest absolute Gasteiger partial charge is 0.464 e. The van der Waals surface area contributed by atoms with Crippen LogP contribution in [0.4, 0.5) is 0 Å². The van der Waals surface area contributed by atoms with E-state index in [1.165, 1.54) is 19.3 Å². The lowest BCUT2D eigenvalue weighted by atomic mass is 10.2. The predicted octanol–water partition coefficient (Wildman–Crippen LogP) is 4.08. The number of unbranched alkanes of at least 4 members (excludes halogenated alkanes) is 4. The number of esters is 1. The van der Waals surface area contributed by atoms with Gasteiger partial charge in [-0.2, -0.15) is 0 Å². The summed E-state index contributed by atoms with van der Waals surface area (Å²) in [5.74, 6) is -0.684. The van der Waals surface area contributed by atoms with Gasteiger partial charge >= 0.3 is 5.97 Å². The smallest absolute Gasteiger partial charge is 0.328 e. The van der Waals surface area contributed by atoms with Crippen molar-refractivity contribution in [2.75, 3.05) is 6.61 Å². The molecule has 0 bridgehead atoms. The minimum atomic E-state index is -0.657. The summed E-state index contributed by atoms with van der Waals surface area (Å²) >= 11 is 3.32. The summed E-state index contributed by atoms with van der Waals surface area (Å²) in [6, 6.07) is 6.44. The molecule has 5 heteroatoms. The van der Waals surface area contributed by atoms with Crippen LogP contribution in [0.25, 0.3) is 0 Å². The Kier molecular flexibility index (Phi) is 8.82. The summed E-state index contributed by atoms with van der Waals surface area (Å²) in [5.41, 5.74) is 0.502. The minimum Gasteiger partial charge on any atom is -0.464 e. The standard InChI is InChI=1S/C17H24BrNO3/c1-3-4-5-6-9-12-22-17(21)13(2)19-16(20)14-10-7-8-11-15(14)18/h7-8,10-11,13H,3-6,9,12H2,1-2H3,(H,19,20)/t13-/m0/s1. The summed E-state index contributed by atoms with van der Waals surface area (Å²) < 4.78 is 5.88. The summed E-state index contributed by atoms with van der Waals surface area (Å²) in [6.07, 6.45) is 5.52. The van der Waals surface area contributed by atoms with Crippen LogP contribution in [0.5, 0.6) is 0 Å². The molecule has 0 unspecified atom stereocenters. The van der Waals surface area contributed by atoms with Gasteiger partial charge in [0.1, 0.15) is 6.04 Å². The Hall–Kier alpha value is -1.36. The van der Waals surface area contributed by atoms with Crippen LogP contribution < -0.4 is 5.32 Å². The number of ether oxygens (including phenoxy) is 1. The molecule has 0 radical (unpaired) electrons. The van der Waals surface area contributed by atoms with Crippen LogP contribution in [0.3, 0.4) is 0 Å². The first-order valence-corrected chi connectivity index (χ1v) is 8.57. The highest BCUT2D eigenvalue weighted by atomic mass is 79.9. The van der Waals surface area contributed by atoms with E-state index in [0.29, 0.717) is 16.6 Å². The summed E-state index contributed by atoms with van der Waals surface area (Å²) in [6.45, 7) is 4.21. The average molecular weight is 370 g/mol. The highest BCUT2D eigenvalue weighted by Crippen LogP contribution is 2.15. The average Bonchev–Trinajstić information content (AvgIpc) is 2.50. The molecule has 0 aliphatic rings. The van der Waals surface area contributed by atoms with Gasteiger partial charge in [0.05, 0.1) is 12.2 Å². The Labute approximate surface area is 140 Å². The predicted molar refractivity (Wildman–Crippen MR) is 90.8 cm³/mol. The third-order valence-electron chi connectivity index (χ3n) is 3.31. The van der Waals surface area contributed by atoms with Gasteiger partial charge in [-0.15, -0.1) is 0 Å². The quantitative estimate of drug-likeness (QED) is 0.526. The normalized spacial score (nSPS) is 11.8. The highest BCUT2D eigenvalue weighted by molar-refractivity contribution is 9.10. The maximum Gasteiger partial charge on any atom is 0.328 e. The molecule has 1 rings (SSSR count). The van der Waals surface area contributed by atoms with Crippen LogP contribution in [-0.4, -0.2) is 24.5 Å². The van der Waals surface area contributed by atoms with Crippen molar-refractivity contribution in [2.24, 2.45) is 0 Å². The zero-order chi connectivity index (χ0) is 16.4. The first-order valence-electron chi connectivity index (χ1n) is 7.78. The molecule has 0 aliphatic carbocycles. The monoisotopic (exact) mass is 369 g/mol. The van der Waals surface area contributed by atoms with E-state index in [1.807, 2.05) is 6.07 Å². The highest BCUT2D eigenvalue weighted by Gasteiger charge is 2.18. The first-order chi connectivity index (χ1) is 10.6. The zero-order valence-corrected chi connectivity index (χ0v) is 14.8. The van der Waals surface area contributed by atoms with Crippen molar-refractivity contribution in [3.63, 3.8) is 0 Å². The molecule has 0 saturated heterocycles. The summed E-state index contributed by atoms with van der Waals surface area (Å²) in [5, 5.41) is 2.65. The number of rotatable bonds is 9. The van der Waals surface area contributed by atoms with Crippen LogP contribution >= 0.6 is 15.9 Å². The molecule has 0 aromatic heterocycles. The Morgan fingerprint density at radius 1 is 1.18 bits per heavy atom. The molecule has 0 saturated carbocycles. The second kappa shape index (κ2) is 10.4. The molecule has 22 heavy (non-hydrogen) atoms. The molecule has 1 atom stereocenters. The van der Waals surface area contributed by atoms with Crippen molar-refractivity contribution >= 4 is 27.8 Å². The topological polar surface area (TPSA) is 55.4 Å². The fourth-order valence-electron chi connectivity index (χ4n) is 1.98. The van der Waals surface area contributed by atoms with E-state index in [1.54, 1.807) is 25.1 Å². The van der Waals surface area contributed by atoms with Crippen molar-refractivity contribution in [3.8, 4) is 0 Å². The van der Waals surface area contributed by atoms with Gasteiger partial charge in [-0.1, -0.05) is 44.7 Å². The van der Waals surface area contributed by atoms with Crippen LogP contribution in [0.1, 0.15) is 56.3 Å². The van der Waals surface area contributed by atoms with Gasteiger partial charge in [0.25, 0.3) is 5.91 Å². The van der Waals surface area contributed by atoms with Crippen molar-refractivity contribution in [3.05, 3.63) is 34.3 Å². The first kappa shape index (κ1) is 18.7. The third kappa shape index (κ3) is 6.60. The summed E-state index contributed by atoms with van der Waals surface area (Å²) in [4.78, 5) is 23.9. The fourth-order valence-corrected chi connectivity index (χ4v) is 2.45. The molecule has 0 heterocycles. The molecule has 4 nitrogen and oxygen atoms in total. The van der Waals surface area contributed by atoms with E-state index in [-0.39, 0.29) is 5.91 Å². The van der Waals surface area contributed by atoms with Crippen LogP contribution in [0.15, 0.2) is 28.7 Å². The molecule has 0 aliphatic heterocycles. The second-order valence-corrected chi connectivity index (χ2v) is 6.11. The molecule has 0 fully saturated rings. The fraction of sp³-hybridized carbons (Fsp3) is 0.529. The number of amides is 1. The van der Waals surface area contributed by atoms with Gasteiger partial charge in [0.2, 0.25) is 0 Å². The third-order valence-corrected chi connectivity index (χ3v) is 4.00. The van der Waals surface area contributed by atoms with Crippen LogP contribution in [-0.2, 0) is 9.53 Å². The minimum absolute atomic E-state index is 0.292. The number of hydrogen-bond acceptors (Lipinski definition) is 3. The lowest BCUT2D eigenvalue weighted by Gasteiger charge is -2.14. The Balaban J connectivity index is 2.32. The molecular formula is C17H24BrNO3. The van der Waals surface area contributed by atoms with E-state index < -0.39 is 12.0 Å². The zero-order valence-electron chi connectivity index (χ0n) is 13.2. The lowest BCUT2D eigenvalue weighted by molar-refractivity contribution is -0.145. The Morgan fingerprint density at radius 3 is 2.55 bits per heavy atom. The number of nitrogens with one attached hydrogen (secondary N) is 1. The van der Waals surface area contributed by atoms with Crippen LogP contribution in [0, 0.1) is 0 Å². The SMILES string of the molecule is CCCCCCCOC(=O)[C@H](C)NC(=O)c1ccccc1Br. The van der Waals surface area contributed by atoms with E-state index >= 15 is 0 Å². The Morgan fingerprint density at radius 2 is 1.86 bits per heavy atom. The molecule has 1 aromatic rings. The second-order valence-electron chi connectivity index (χ2n) is 5.26. The summed E-state index contributed by atoms with van der Waals surface area (Å²) in [7, 11) is 0. The number of carbonyl (C=O) groups excluding carboxylic acids is 2. The van der Waals surface area contributed by atoms with Crippen LogP contribution in [0.2, 0.25) is 0 Å². The van der Waals surface area contributed by atoms with Gasteiger partial charge in [-0.25, -0.2) is 4.79 Å². The molecule has 1 N–H and O–H groups in total. The Bertz CT molecular complexity index is 491. The van der Waals surface area contributed by atoms with Gasteiger partial charge < -0.3 is 10.1 Å². The van der Waals surface area contributed by atoms with Gasteiger partial charge in [-0.05, 0) is 41.4 Å². The van der Waals surface area contributed by atoms with Crippen molar-refractivity contribution in [2.45, 2.75) is 52.0 Å². The van der Waals surface area contributed by atoms with Crippen molar-refractivity contribution < 1.29 is 14.3 Å². The van der Waals surface area contributed by atoms with Crippen molar-refractivity contribution in [1.29, 1.82) is 0 Å². The molecule has 1 amide bonds. The maximum absolute atomic E-state index is 12.1. The molecule has 0 spiro atoms. The van der Waals surface area contributed by atoms with E-state index in [9.17, 15) is 9.59 Å². The lowest BCUT2D eigenvalue weighted by Crippen LogP contribution is -2.39. The number of carbonyl (C=O) groups is 2. The molecule has 122 valence electrons. The van der Waals surface area contributed by atoms with E-state index in [4.69, 9.17) is 4.74 Å². The maximum atomic E-state index is 12.1. The van der Waals surface area contributed by atoms with Gasteiger partial charge in [0, 0.05) is 4.47 Å². The molecule has 1 aromatic carbocycles. The van der Waals surface area contributed by atoms with E-state index in [2.05, 4.69) is 28.2 Å². The van der Waals surface area contributed by atoms with Crippen molar-refractivity contribution in [1.82, 2.24) is 5.32 Å². The number of benzene rings is 1. The number of halogens is 1. The number of hydrogen-bond donors (Lipinski definition) is 1. The van der Waals surface area contributed by atoms with Gasteiger partial charge in [0.15, 0.2) is 0 Å². The molecular weight excluding hydrogens is 346 g/mol. The van der Waals surface area contributed by atoms with E-state index in [0.717, 1.165) is 12.8 Å².